The summed E-state index contributed by atoms with van der Waals surface area (Å²) in [6, 6.07) is 9.47. The van der Waals surface area contributed by atoms with Crippen molar-refractivity contribution in [3.8, 4) is 0 Å². The van der Waals surface area contributed by atoms with E-state index in [2.05, 4.69) is 13.8 Å². The highest BCUT2D eigenvalue weighted by Gasteiger charge is 2.51. The molecular formula is C13H17NO. The molecule has 15 heavy (non-hydrogen) atoms. The van der Waals surface area contributed by atoms with Crippen molar-refractivity contribution < 1.29 is 4.79 Å². The highest BCUT2D eigenvalue weighted by atomic mass is 16.2. The van der Waals surface area contributed by atoms with Gasteiger partial charge < -0.3 is 4.90 Å². The molecule has 0 spiro atoms. The molecule has 1 aliphatic carbocycles. The third-order valence-electron chi connectivity index (χ3n) is 3.71. The maximum Gasteiger partial charge on any atom is 0.254 e. The van der Waals surface area contributed by atoms with Crippen LogP contribution in [0.25, 0.3) is 0 Å². The van der Waals surface area contributed by atoms with Crippen LogP contribution in [-0.4, -0.2) is 23.4 Å². The van der Waals surface area contributed by atoms with Gasteiger partial charge in [0.05, 0.1) is 0 Å². The molecule has 0 bridgehead atoms. The van der Waals surface area contributed by atoms with Crippen molar-refractivity contribution in [3.63, 3.8) is 0 Å². The van der Waals surface area contributed by atoms with Crippen LogP contribution in [0.2, 0.25) is 0 Å². The zero-order valence-corrected chi connectivity index (χ0v) is 9.53. The van der Waals surface area contributed by atoms with Gasteiger partial charge in [0.1, 0.15) is 0 Å². The fourth-order valence-corrected chi connectivity index (χ4v) is 2.03. The van der Waals surface area contributed by atoms with Gasteiger partial charge in [0, 0.05) is 18.2 Å². The van der Waals surface area contributed by atoms with E-state index in [1.165, 1.54) is 0 Å². The smallest absolute Gasteiger partial charge is 0.254 e. The molecule has 1 fully saturated rings. The first-order chi connectivity index (χ1) is 7.05. The summed E-state index contributed by atoms with van der Waals surface area (Å²) in [4.78, 5) is 14.0. The van der Waals surface area contributed by atoms with Crippen molar-refractivity contribution >= 4 is 5.91 Å². The van der Waals surface area contributed by atoms with Crippen molar-refractivity contribution in [2.24, 2.45) is 5.92 Å². The molecule has 1 amide bonds. The largest absolute Gasteiger partial charge is 0.336 e. The molecule has 2 nitrogen and oxygen atoms in total. The van der Waals surface area contributed by atoms with Gasteiger partial charge in [-0.2, -0.15) is 0 Å². The van der Waals surface area contributed by atoms with Crippen molar-refractivity contribution in [1.82, 2.24) is 4.90 Å². The molecule has 2 atom stereocenters. The van der Waals surface area contributed by atoms with Gasteiger partial charge in [0.2, 0.25) is 0 Å². The molecule has 1 aliphatic rings. The van der Waals surface area contributed by atoms with Crippen LogP contribution in [0.1, 0.15) is 30.6 Å². The lowest BCUT2D eigenvalue weighted by Gasteiger charge is -2.25. The number of nitrogens with zero attached hydrogens (tertiary/aromatic N) is 1. The number of hydrogen-bond donors (Lipinski definition) is 0. The zero-order chi connectivity index (χ0) is 11.1. The summed E-state index contributed by atoms with van der Waals surface area (Å²) >= 11 is 0. The molecule has 0 aromatic heterocycles. The molecule has 1 saturated carbocycles. The minimum Gasteiger partial charge on any atom is -0.336 e. The highest BCUT2D eigenvalue weighted by Crippen LogP contribution is 2.47. The van der Waals surface area contributed by atoms with Crippen molar-refractivity contribution in [2.45, 2.75) is 25.8 Å². The van der Waals surface area contributed by atoms with Crippen molar-refractivity contribution in [1.29, 1.82) is 0 Å². The summed E-state index contributed by atoms with van der Waals surface area (Å²) in [5, 5.41) is 0. The molecule has 1 aromatic carbocycles. The van der Waals surface area contributed by atoms with Crippen LogP contribution in [0.15, 0.2) is 30.3 Å². The molecule has 2 unspecified atom stereocenters. The van der Waals surface area contributed by atoms with Gasteiger partial charge in [-0.05, 0) is 31.4 Å². The SMILES string of the molecule is CC1CC1(C)N(C)C(=O)c1ccccc1. The number of amides is 1. The van der Waals surface area contributed by atoms with E-state index in [4.69, 9.17) is 0 Å². The molecule has 0 heterocycles. The summed E-state index contributed by atoms with van der Waals surface area (Å²) in [6.45, 7) is 4.34. The Morgan fingerprint density at radius 3 is 2.40 bits per heavy atom. The molecule has 0 aliphatic heterocycles. The van der Waals surface area contributed by atoms with E-state index in [9.17, 15) is 4.79 Å². The summed E-state index contributed by atoms with van der Waals surface area (Å²) in [6.07, 6.45) is 1.11. The van der Waals surface area contributed by atoms with Crippen molar-refractivity contribution in [3.05, 3.63) is 35.9 Å². The molecular weight excluding hydrogens is 186 g/mol. The molecule has 2 heteroatoms. The number of carbonyl (C=O) groups excluding carboxylic acids is 1. The van der Waals surface area contributed by atoms with Gasteiger partial charge in [-0.1, -0.05) is 25.1 Å². The Balaban J connectivity index is 2.16. The van der Waals surface area contributed by atoms with E-state index in [0.717, 1.165) is 12.0 Å². The molecule has 2 rings (SSSR count). The van der Waals surface area contributed by atoms with Gasteiger partial charge in [-0.25, -0.2) is 0 Å². The van der Waals surface area contributed by atoms with Crippen LogP contribution in [-0.2, 0) is 0 Å². The Morgan fingerprint density at radius 1 is 1.40 bits per heavy atom. The monoisotopic (exact) mass is 203 g/mol. The average molecular weight is 203 g/mol. The maximum atomic E-state index is 12.1. The predicted octanol–water partition coefficient (Wildman–Crippen LogP) is 2.56. The van der Waals surface area contributed by atoms with E-state index in [-0.39, 0.29) is 11.4 Å². The first-order valence-corrected chi connectivity index (χ1v) is 5.39. The van der Waals surface area contributed by atoms with Gasteiger partial charge in [-0.3, -0.25) is 4.79 Å². The molecule has 80 valence electrons. The lowest BCUT2D eigenvalue weighted by molar-refractivity contribution is 0.0711. The number of benzene rings is 1. The Morgan fingerprint density at radius 2 is 1.93 bits per heavy atom. The third kappa shape index (κ3) is 1.65. The van der Waals surface area contributed by atoms with Crippen LogP contribution < -0.4 is 0 Å². The van der Waals surface area contributed by atoms with Gasteiger partial charge >= 0.3 is 0 Å². The first kappa shape index (κ1) is 10.2. The van der Waals surface area contributed by atoms with E-state index < -0.39 is 0 Å². The second-order valence-electron chi connectivity index (χ2n) is 4.69. The fraction of sp³-hybridized carbons (Fsp3) is 0.462. The second kappa shape index (κ2) is 3.37. The Kier molecular flexibility index (Phi) is 2.29. The van der Waals surface area contributed by atoms with E-state index in [1.54, 1.807) is 0 Å². The summed E-state index contributed by atoms with van der Waals surface area (Å²) in [5.41, 5.74) is 0.854. The minimum atomic E-state index is 0.0763. The topological polar surface area (TPSA) is 20.3 Å². The summed E-state index contributed by atoms with van der Waals surface area (Å²) in [7, 11) is 1.90. The maximum absolute atomic E-state index is 12.1. The van der Waals surface area contributed by atoms with Crippen LogP contribution in [0.5, 0.6) is 0 Å². The van der Waals surface area contributed by atoms with Gasteiger partial charge in [-0.15, -0.1) is 0 Å². The Hall–Kier alpha value is -1.31. The normalized spacial score (nSPS) is 28.6. The minimum absolute atomic E-state index is 0.0763. The molecule has 0 radical (unpaired) electrons. The zero-order valence-electron chi connectivity index (χ0n) is 9.53. The van der Waals surface area contributed by atoms with Gasteiger partial charge in [0.25, 0.3) is 5.91 Å². The second-order valence-corrected chi connectivity index (χ2v) is 4.69. The lowest BCUT2D eigenvalue weighted by atomic mass is 10.1. The van der Waals surface area contributed by atoms with Gasteiger partial charge in [0.15, 0.2) is 0 Å². The first-order valence-electron chi connectivity index (χ1n) is 5.39. The average Bonchev–Trinajstić information content (AvgIpc) is 2.87. The molecule has 0 N–H and O–H groups in total. The van der Waals surface area contributed by atoms with Crippen LogP contribution in [0.3, 0.4) is 0 Å². The fourth-order valence-electron chi connectivity index (χ4n) is 2.03. The number of carbonyl (C=O) groups is 1. The van der Waals surface area contributed by atoms with Crippen LogP contribution in [0, 0.1) is 5.92 Å². The molecule has 0 saturated heterocycles. The summed E-state index contributed by atoms with van der Waals surface area (Å²) < 4.78 is 0. The van der Waals surface area contributed by atoms with E-state index in [1.807, 2.05) is 42.3 Å². The Labute approximate surface area is 90.9 Å². The number of rotatable bonds is 2. The van der Waals surface area contributed by atoms with E-state index in [0.29, 0.717) is 5.92 Å². The number of hydrogen-bond acceptors (Lipinski definition) is 1. The van der Waals surface area contributed by atoms with Crippen LogP contribution >= 0.6 is 0 Å². The van der Waals surface area contributed by atoms with Crippen molar-refractivity contribution in [2.75, 3.05) is 7.05 Å². The summed E-state index contributed by atoms with van der Waals surface area (Å²) in [5.74, 6) is 0.748. The molecule has 1 aromatic rings. The highest BCUT2D eigenvalue weighted by molar-refractivity contribution is 5.94. The quantitative estimate of drug-likeness (QED) is 0.723. The lowest BCUT2D eigenvalue weighted by Crippen LogP contribution is -2.38. The van der Waals surface area contributed by atoms with E-state index >= 15 is 0 Å². The third-order valence-corrected chi connectivity index (χ3v) is 3.71. The Bertz CT molecular complexity index is 373. The van der Waals surface area contributed by atoms with Crippen LogP contribution in [0.4, 0.5) is 0 Å². The predicted molar refractivity (Wildman–Crippen MR) is 60.7 cm³/mol. The standard InChI is InChI=1S/C13H17NO/c1-10-9-13(10,2)14(3)12(15)11-7-5-4-6-8-11/h4-8,10H,9H2,1-3H3.